The van der Waals surface area contributed by atoms with Crippen LogP contribution in [0.15, 0.2) is 81.4 Å². The van der Waals surface area contributed by atoms with E-state index in [9.17, 15) is 5.11 Å². The number of benzene rings is 3. The molecule has 2 N–H and O–H groups in total. The summed E-state index contributed by atoms with van der Waals surface area (Å²) in [6.07, 6.45) is 0. The fourth-order valence-corrected chi connectivity index (χ4v) is 4.01. The van der Waals surface area contributed by atoms with Gasteiger partial charge in [0.2, 0.25) is 11.0 Å². The Labute approximate surface area is 194 Å². The molecule has 1 aromatic heterocycles. The molecule has 0 radical (unpaired) electrons. The molecular weight excluding hydrogens is 472 g/mol. The minimum Gasteiger partial charge on any atom is -0.493 e. The van der Waals surface area contributed by atoms with E-state index in [0.29, 0.717) is 12.2 Å². The SMILES string of the molecule is Cc1cccc(Cn2c(O)c(N=NC(=S)Nc3ccccc3C)c3cc(Br)ccc32)c1. The van der Waals surface area contributed by atoms with Gasteiger partial charge in [-0.2, -0.15) is 0 Å². The smallest absolute Gasteiger partial charge is 0.221 e. The molecule has 0 unspecified atom stereocenters. The zero-order chi connectivity index (χ0) is 22.0. The van der Waals surface area contributed by atoms with Crippen LogP contribution in [-0.4, -0.2) is 14.8 Å². The highest BCUT2D eigenvalue weighted by atomic mass is 79.9. The van der Waals surface area contributed by atoms with Crippen LogP contribution in [0.3, 0.4) is 0 Å². The maximum Gasteiger partial charge on any atom is 0.221 e. The normalized spacial score (nSPS) is 11.3. The monoisotopic (exact) mass is 492 g/mol. The lowest BCUT2D eigenvalue weighted by molar-refractivity contribution is 0.429. The number of aromatic nitrogens is 1. The maximum absolute atomic E-state index is 11.0. The Bertz CT molecular complexity index is 1310. The molecule has 0 saturated heterocycles. The lowest BCUT2D eigenvalue weighted by atomic mass is 10.1. The third-order valence-electron chi connectivity index (χ3n) is 5.02. The molecule has 5 nitrogen and oxygen atoms in total. The average Bonchev–Trinajstić information content (AvgIpc) is 2.98. The maximum atomic E-state index is 11.0. The second-order valence-corrected chi connectivity index (χ2v) is 8.66. The molecule has 0 spiro atoms. The first-order valence-corrected chi connectivity index (χ1v) is 11.0. The van der Waals surface area contributed by atoms with Gasteiger partial charge in [0.1, 0.15) is 0 Å². The van der Waals surface area contributed by atoms with Crippen molar-refractivity contribution in [2.75, 3.05) is 5.32 Å². The zero-order valence-electron chi connectivity index (χ0n) is 17.1. The number of hydrogen-bond acceptors (Lipinski definition) is 3. The van der Waals surface area contributed by atoms with E-state index in [-0.39, 0.29) is 11.0 Å². The van der Waals surface area contributed by atoms with E-state index in [1.54, 1.807) is 0 Å². The Hall–Kier alpha value is -3.03. The van der Waals surface area contributed by atoms with Crippen molar-refractivity contribution in [3.63, 3.8) is 0 Å². The number of anilines is 1. The van der Waals surface area contributed by atoms with Crippen LogP contribution in [0, 0.1) is 13.8 Å². The second kappa shape index (κ2) is 8.99. The van der Waals surface area contributed by atoms with Gasteiger partial charge in [0.25, 0.3) is 0 Å². The molecule has 0 atom stereocenters. The van der Waals surface area contributed by atoms with Crippen molar-refractivity contribution in [3.05, 3.63) is 87.9 Å². The van der Waals surface area contributed by atoms with Crippen molar-refractivity contribution in [2.24, 2.45) is 10.2 Å². The third kappa shape index (κ3) is 4.68. The van der Waals surface area contributed by atoms with E-state index in [0.717, 1.165) is 32.2 Å². The molecule has 7 heteroatoms. The number of hydrogen-bond donors (Lipinski definition) is 2. The quantitative estimate of drug-likeness (QED) is 0.232. The van der Waals surface area contributed by atoms with Gasteiger partial charge in [-0.15, -0.1) is 10.2 Å². The van der Waals surface area contributed by atoms with Gasteiger partial charge >= 0.3 is 0 Å². The standard InChI is InChI=1S/C24H21BrN4OS/c1-15-6-5-8-17(12-15)14-29-21-11-10-18(25)13-19(21)22(23(29)30)27-28-24(31)26-20-9-4-3-7-16(20)2/h3-13,30H,14H2,1-2H3,(H,26,31). The molecule has 0 aliphatic rings. The van der Waals surface area contributed by atoms with Gasteiger partial charge in [0, 0.05) is 15.5 Å². The predicted octanol–water partition coefficient (Wildman–Crippen LogP) is 7.26. The Morgan fingerprint density at radius 2 is 1.87 bits per heavy atom. The van der Waals surface area contributed by atoms with Crippen molar-refractivity contribution >= 4 is 55.5 Å². The van der Waals surface area contributed by atoms with Gasteiger partial charge in [0.15, 0.2) is 5.69 Å². The van der Waals surface area contributed by atoms with Crippen LogP contribution in [0.1, 0.15) is 16.7 Å². The number of thiocarbonyl (C=S) groups is 1. The molecule has 31 heavy (non-hydrogen) atoms. The molecule has 0 aliphatic heterocycles. The van der Waals surface area contributed by atoms with Crippen molar-refractivity contribution in [1.29, 1.82) is 0 Å². The molecule has 0 fully saturated rings. The minimum absolute atomic E-state index is 0.0528. The van der Waals surface area contributed by atoms with Crippen LogP contribution in [-0.2, 0) is 6.54 Å². The Morgan fingerprint density at radius 3 is 2.65 bits per heavy atom. The second-order valence-electron chi connectivity index (χ2n) is 7.35. The number of halogens is 1. The van der Waals surface area contributed by atoms with Crippen molar-refractivity contribution in [2.45, 2.75) is 20.4 Å². The molecule has 1 heterocycles. The van der Waals surface area contributed by atoms with E-state index in [1.807, 2.05) is 66.1 Å². The minimum atomic E-state index is 0.0528. The summed E-state index contributed by atoms with van der Waals surface area (Å²) >= 11 is 8.85. The Kier molecular flexibility index (Phi) is 6.15. The van der Waals surface area contributed by atoms with Crippen LogP contribution < -0.4 is 5.32 Å². The number of rotatable bonds is 4. The molecular formula is C24H21BrN4OS. The number of aryl methyl sites for hydroxylation is 2. The van der Waals surface area contributed by atoms with Gasteiger partial charge in [-0.25, -0.2) is 0 Å². The fourth-order valence-electron chi connectivity index (χ4n) is 3.50. The highest BCUT2D eigenvalue weighted by molar-refractivity contribution is 9.10. The first-order chi connectivity index (χ1) is 14.9. The first-order valence-electron chi connectivity index (χ1n) is 9.77. The van der Waals surface area contributed by atoms with E-state index >= 15 is 0 Å². The van der Waals surface area contributed by atoms with Crippen molar-refractivity contribution < 1.29 is 5.11 Å². The summed E-state index contributed by atoms with van der Waals surface area (Å²) in [6.45, 7) is 4.56. The average molecular weight is 493 g/mol. The molecule has 4 rings (SSSR count). The van der Waals surface area contributed by atoms with Crippen LogP contribution >= 0.6 is 28.1 Å². The predicted molar refractivity (Wildman–Crippen MR) is 133 cm³/mol. The summed E-state index contributed by atoms with van der Waals surface area (Å²) in [6, 6.07) is 21.8. The van der Waals surface area contributed by atoms with Gasteiger partial charge < -0.3 is 15.0 Å². The van der Waals surface area contributed by atoms with E-state index in [1.165, 1.54) is 5.56 Å². The summed E-state index contributed by atoms with van der Waals surface area (Å²) in [5.41, 5.74) is 5.45. The highest BCUT2D eigenvalue weighted by Gasteiger charge is 2.17. The fraction of sp³-hybridized carbons (Fsp3) is 0.125. The van der Waals surface area contributed by atoms with Gasteiger partial charge in [-0.3, -0.25) is 0 Å². The molecule has 3 aromatic carbocycles. The summed E-state index contributed by atoms with van der Waals surface area (Å²) in [7, 11) is 0. The van der Waals surface area contributed by atoms with Crippen LogP contribution in [0.4, 0.5) is 11.4 Å². The lowest BCUT2D eigenvalue weighted by Gasteiger charge is -2.08. The highest BCUT2D eigenvalue weighted by Crippen LogP contribution is 2.40. The summed E-state index contributed by atoms with van der Waals surface area (Å²) < 4.78 is 2.73. The molecule has 0 bridgehead atoms. The summed E-state index contributed by atoms with van der Waals surface area (Å²) in [5.74, 6) is 0.0528. The van der Waals surface area contributed by atoms with Crippen molar-refractivity contribution in [3.8, 4) is 5.88 Å². The van der Waals surface area contributed by atoms with Gasteiger partial charge in [-0.1, -0.05) is 64.0 Å². The molecule has 0 saturated carbocycles. The van der Waals surface area contributed by atoms with Crippen LogP contribution in [0.2, 0.25) is 0 Å². The number of fused-ring (bicyclic) bond motifs is 1. The third-order valence-corrected chi connectivity index (χ3v) is 5.70. The lowest BCUT2D eigenvalue weighted by Crippen LogP contribution is -2.06. The van der Waals surface area contributed by atoms with E-state index in [2.05, 4.69) is 50.5 Å². The molecule has 4 aromatic rings. The first kappa shape index (κ1) is 21.2. The zero-order valence-corrected chi connectivity index (χ0v) is 19.5. The van der Waals surface area contributed by atoms with Crippen LogP contribution in [0.5, 0.6) is 5.88 Å². The molecule has 0 aliphatic carbocycles. The molecule has 156 valence electrons. The number of aromatic hydroxyl groups is 1. The number of nitrogens with zero attached hydrogens (tertiary/aromatic N) is 3. The van der Waals surface area contributed by atoms with Gasteiger partial charge in [-0.05, 0) is 61.5 Å². The largest absolute Gasteiger partial charge is 0.493 e. The summed E-state index contributed by atoms with van der Waals surface area (Å²) in [5, 5.41) is 23.6. The number of azo groups is 1. The number of nitrogens with one attached hydrogen (secondary N) is 1. The van der Waals surface area contributed by atoms with E-state index in [4.69, 9.17) is 12.2 Å². The summed E-state index contributed by atoms with van der Waals surface area (Å²) in [4.78, 5) is 0. The van der Waals surface area contributed by atoms with Crippen LogP contribution in [0.25, 0.3) is 10.9 Å². The topological polar surface area (TPSA) is 61.9 Å². The van der Waals surface area contributed by atoms with Gasteiger partial charge in [0.05, 0.1) is 12.1 Å². The Balaban J connectivity index is 1.69. The Morgan fingerprint density at radius 1 is 1.06 bits per heavy atom. The number of para-hydroxylation sites is 1. The molecule has 0 amide bonds. The van der Waals surface area contributed by atoms with E-state index < -0.39 is 0 Å². The van der Waals surface area contributed by atoms with Crippen molar-refractivity contribution in [1.82, 2.24) is 4.57 Å².